The molecule has 2 aromatic carbocycles. The lowest BCUT2D eigenvalue weighted by atomic mass is 9.99. The minimum Gasteiger partial charge on any atom is -0.329 e. The summed E-state index contributed by atoms with van der Waals surface area (Å²) in [7, 11) is -3.44. The lowest BCUT2D eigenvalue weighted by Gasteiger charge is -2.31. The van der Waals surface area contributed by atoms with Gasteiger partial charge in [0.15, 0.2) is 0 Å². The quantitative estimate of drug-likeness (QED) is 0.811. The molecule has 5 nitrogen and oxygen atoms in total. The summed E-state index contributed by atoms with van der Waals surface area (Å²) in [6.07, 6.45) is 1.04. The van der Waals surface area contributed by atoms with E-state index in [2.05, 4.69) is 19.9 Å². The van der Waals surface area contributed by atoms with Gasteiger partial charge in [0.25, 0.3) is 0 Å². The number of rotatable bonds is 6. The molecule has 148 valence electrons. The summed E-state index contributed by atoms with van der Waals surface area (Å²) in [6, 6.07) is 17.2. The summed E-state index contributed by atoms with van der Waals surface area (Å²) >= 11 is 0. The Morgan fingerprint density at radius 2 is 1.82 bits per heavy atom. The molecule has 0 aliphatic carbocycles. The number of hydrogen-bond acceptors (Lipinski definition) is 3. The largest absolute Gasteiger partial charge is 0.329 e. The van der Waals surface area contributed by atoms with E-state index in [1.807, 2.05) is 30.3 Å². The second kappa shape index (κ2) is 8.87. The third-order valence-electron chi connectivity index (χ3n) is 5.64. The van der Waals surface area contributed by atoms with Gasteiger partial charge in [-0.2, -0.15) is 9.57 Å². The Hall–Kier alpha value is -2.20. The molecule has 1 fully saturated rings. The van der Waals surface area contributed by atoms with E-state index in [1.54, 1.807) is 22.5 Å². The number of benzene rings is 2. The monoisotopic (exact) mass is 398 g/mol. The summed E-state index contributed by atoms with van der Waals surface area (Å²) in [5.74, 6) is 0.434. The Balaban J connectivity index is 1.62. The highest BCUT2D eigenvalue weighted by Gasteiger charge is 2.30. The summed E-state index contributed by atoms with van der Waals surface area (Å²) in [6.45, 7) is 7.66. The van der Waals surface area contributed by atoms with E-state index in [0.717, 1.165) is 31.6 Å². The van der Waals surface area contributed by atoms with E-state index >= 15 is 0 Å². The Labute approximate surface area is 168 Å². The van der Waals surface area contributed by atoms with Crippen molar-refractivity contribution in [3.63, 3.8) is 0 Å². The molecule has 0 aromatic heterocycles. The van der Waals surface area contributed by atoms with Gasteiger partial charge in [0.2, 0.25) is 10.0 Å². The fourth-order valence-electron chi connectivity index (χ4n) is 3.61. The highest BCUT2D eigenvalue weighted by Crippen LogP contribution is 2.22. The fraction of sp³-hybridized carbons (Fsp3) is 0.409. The Morgan fingerprint density at radius 3 is 2.43 bits per heavy atom. The van der Waals surface area contributed by atoms with Crippen LogP contribution < -0.4 is 4.90 Å². The van der Waals surface area contributed by atoms with E-state index < -0.39 is 10.0 Å². The van der Waals surface area contributed by atoms with Crippen LogP contribution >= 0.6 is 0 Å². The molecule has 0 amide bonds. The van der Waals surface area contributed by atoms with Crippen molar-refractivity contribution in [1.29, 1.82) is 5.26 Å². The number of piperazine rings is 1. The van der Waals surface area contributed by atoms with Crippen LogP contribution in [0.1, 0.15) is 42.9 Å². The maximum Gasteiger partial charge on any atom is 0.243 e. The number of hydrogen-bond donors (Lipinski definition) is 1. The molecule has 0 saturated carbocycles. The Kier molecular flexibility index (Phi) is 6.50. The third kappa shape index (κ3) is 4.61. The zero-order valence-electron chi connectivity index (χ0n) is 16.6. The van der Waals surface area contributed by atoms with Crippen molar-refractivity contribution in [3.05, 3.63) is 65.2 Å². The number of sulfonamides is 1. The number of nitriles is 1. The molecular formula is C22H28N3O2S+. The molecule has 28 heavy (non-hydrogen) atoms. The van der Waals surface area contributed by atoms with Crippen LogP contribution in [0.4, 0.5) is 0 Å². The molecular weight excluding hydrogens is 370 g/mol. The molecule has 1 heterocycles. The standard InChI is InChI=1S/C22H27N3O2S/c1-3-18(2)21-7-9-22(10-8-21)28(26,27)25-13-11-24(12-14-25)17-20-6-4-5-19(15-20)16-23/h4-10,15,18H,3,11-14,17H2,1-2H3/p+1/t18-/m0/s1. The van der Waals surface area contributed by atoms with Crippen LogP contribution in [0.5, 0.6) is 0 Å². The van der Waals surface area contributed by atoms with Gasteiger partial charge < -0.3 is 4.90 Å². The molecule has 1 N–H and O–H groups in total. The zero-order chi connectivity index (χ0) is 20.1. The first-order chi connectivity index (χ1) is 13.4. The van der Waals surface area contributed by atoms with Crippen molar-refractivity contribution in [1.82, 2.24) is 4.31 Å². The smallest absolute Gasteiger partial charge is 0.243 e. The Bertz CT molecular complexity index is 940. The van der Waals surface area contributed by atoms with Crippen LogP contribution in [0, 0.1) is 11.3 Å². The molecule has 3 rings (SSSR count). The van der Waals surface area contributed by atoms with Crippen LogP contribution in [-0.2, 0) is 16.6 Å². The molecule has 1 atom stereocenters. The van der Waals surface area contributed by atoms with E-state index in [0.29, 0.717) is 29.5 Å². The van der Waals surface area contributed by atoms with Crippen LogP contribution in [0.25, 0.3) is 0 Å². The van der Waals surface area contributed by atoms with Crippen LogP contribution in [0.3, 0.4) is 0 Å². The van der Waals surface area contributed by atoms with E-state index in [-0.39, 0.29) is 0 Å². The molecule has 1 aliphatic heterocycles. The van der Waals surface area contributed by atoms with Crippen LogP contribution in [-0.4, -0.2) is 38.9 Å². The first-order valence-corrected chi connectivity index (χ1v) is 11.3. The second-order valence-corrected chi connectivity index (χ2v) is 9.46. The van der Waals surface area contributed by atoms with Crippen molar-refractivity contribution in [2.24, 2.45) is 0 Å². The van der Waals surface area contributed by atoms with Gasteiger partial charge in [0.05, 0.1) is 42.7 Å². The SMILES string of the molecule is CC[C@H](C)c1ccc(S(=O)(=O)N2CC[NH+](Cc3cccc(C#N)c3)CC2)cc1. The van der Waals surface area contributed by atoms with Crippen LogP contribution in [0.2, 0.25) is 0 Å². The van der Waals surface area contributed by atoms with Gasteiger partial charge in [-0.25, -0.2) is 8.42 Å². The maximum atomic E-state index is 13.0. The van der Waals surface area contributed by atoms with Crippen molar-refractivity contribution in [2.75, 3.05) is 26.2 Å². The van der Waals surface area contributed by atoms with E-state index in [4.69, 9.17) is 5.26 Å². The topological polar surface area (TPSA) is 65.6 Å². The molecule has 1 saturated heterocycles. The number of nitrogens with one attached hydrogen (secondary N) is 1. The molecule has 1 aliphatic rings. The predicted octanol–water partition coefficient (Wildman–Crippen LogP) is 2.16. The summed E-state index contributed by atoms with van der Waals surface area (Å²) in [4.78, 5) is 1.72. The van der Waals surface area contributed by atoms with Gasteiger partial charge in [-0.05, 0) is 42.2 Å². The highest BCUT2D eigenvalue weighted by atomic mass is 32.2. The van der Waals surface area contributed by atoms with Crippen LogP contribution in [0.15, 0.2) is 53.4 Å². The van der Waals surface area contributed by atoms with Gasteiger partial charge in [-0.3, -0.25) is 0 Å². The summed E-state index contributed by atoms with van der Waals surface area (Å²) < 4.78 is 27.5. The lowest BCUT2D eigenvalue weighted by molar-refractivity contribution is -0.917. The van der Waals surface area contributed by atoms with Crippen molar-refractivity contribution >= 4 is 10.0 Å². The average Bonchev–Trinajstić information content (AvgIpc) is 2.74. The number of quaternary nitrogens is 1. The van der Waals surface area contributed by atoms with Crippen molar-refractivity contribution in [3.8, 4) is 6.07 Å². The van der Waals surface area contributed by atoms with E-state index in [9.17, 15) is 8.42 Å². The fourth-order valence-corrected chi connectivity index (χ4v) is 5.05. The van der Waals surface area contributed by atoms with Gasteiger partial charge in [0.1, 0.15) is 6.54 Å². The van der Waals surface area contributed by atoms with Gasteiger partial charge >= 0.3 is 0 Å². The molecule has 6 heteroatoms. The molecule has 2 aromatic rings. The highest BCUT2D eigenvalue weighted by molar-refractivity contribution is 7.89. The third-order valence-corrected chi connectivity index (χ3v) is 7.55. The van der Waals surface area contributed by atoms with Gasteiger partial charge in [-0.1, -0.05) is 38.1 Å². The zero-order valence-corrected chi connectivity index (χ0v) is 17.4. The molecule has 0 radical (unpaired) electrons. The number of nitrogens with zero attached hydrogens (tertiary/aromatic N) is 2. The molecule has 0 spiro atoms. The van der Waals surface area contributed by atoms with E-state index in [1.165, 1.54) is 10.5 Å². The maximum absolute atomic E-state index is 13.0. The van der Waals surface area contributed by atoms with Crippen molar-refractivity contribution in [2.45, 2.75) is 37.6 Å². The minimum atomic E-state index is -3.44. The average molecular weight is 399 g/mol. The predicted molar refractivity (Wildman–Crippen MR) is 109 cm³/mol. The lowest BCUT2D eigenvalue weighted by Crippen LogP contribution is -3.13. The molecule has 0 bridgehead atoms. The van der Waals surface area contributed by atoms with Gasteiger partial charge in [-0.15, -0.1) is 0 Å². The Morgan fingerprint density at radius 1 is 1.14 bits per heavy atom. The normalized spacial score (nSPS) is 17.2. The second-order valence-electron chi connectivity index (χ2n) is 7.52. The van der Waals surface area contributed by atoms with Gasteiger partial charge in [0, 0.05) is 5.56 Å². The summed E-state index contributed by atoms with van der Waals surface area (Å²) in [5, 5.41) is 9.03. The summed E-state index contributed by atoms with van der Waals surface area (Å²) in [5.41, 5.74) is 2.96. The van der Waals surface area contributed by atoms with Crippen molar-refractivity contribution < 1.29 is 13.3 Å². The first kappa shape index (κ1) is 20.5. The molecule has 0 unspecified atom stereocenters. The first-order valence-electron chi connectivity index (χ1n) is 9.86. The minimum absolute atomic E-state index is 0.379.